The van der Waals surface area contributed by atoms with Gasteiger partial charge in [0.1, 0.15) is 0 Å². The number of rotatable bonds is 2. The second kappa shape index (κ2) is 5.28. The van der Waals surface area contributed by atoms with E-state index in [-0.39, 0.29) is 0 Å². The Balaban J connectivity index is 1.82. The van der Waals surface area contributed by atoms with Crippen LogP contribution in [0.2, 0.25) is 0 Å². The van der Waals surface area contributed by atoms with Crippen LogP contribution in [0.3, 0.4) is 0 Å². The molecule has 2 rings (SSSR count). The first kappa shape index (κ1) is 11.4. The average molecular weight is 212 g/mol. The summed E-state index contributed by atoms with van der Waals surface area (Å²) in [5.74, 6) is 0. The standard InChI is InChI=1S/C12H24N2O/c1-12(5-2-3-6-13-12)11-14-7-4-9-15-10-8-14/h13H,2-11H2,1H3. The van der Waals surface area contributed by atoms with E-state index in [1.165, 1.54) is 45.3 Å². The van der Waals surface area contributed by atoms with Crippen LogP contribution in [-0.2, 0) is 4.74 Å². The van der Waals surface area contributed by atoms with E-state index < -0.39 is 0 Å². The molecule has 0 amide bonds. The molecular weight excluding hydrogens is 188 g/mol. The fourth-order valence-corrected chi connectivity index (χ4v) is 2.70. The third-order valence-electron chi connectivity index (χ3n) is 3.59. The average Bonchev–Trinajstić information content (AvgIpc) is 2.47. The van der Waals surface area contributed by atoms with Crippen molar-refractivity contribution in [2.45, 2.75) is 38.1 Å². The molecule has 0 radical (unpaired) electrons. The molecule has 0 aliphatic carbocycles. The molecule has 3 heteroatoms. The van der Waals surface area contributed by atoms with Crippen molar-refractivity contribution < 1.29 is 4.74 Å². The molecule has 88 valence electrons. The van der Waals surface area contributed by atoms with Crippen LogP contribution in [0.1, 0.15) is 32.6 Å². The van der Waals surface area contributed by atoms with Crippen molar-refractivity contribution in [2.24, 2.45) is 0 Å². The zero-order valence-corrected chi connectivity index (χ0v) is 9.93. The minimum atomic E-state index is 0.350. The summed E-state index contributed by atoms with van der Waals surface area (Å²) in [5, 5.41) is 3.68. The van der Waals surface area contributed by atoms with Crippen molar-refractivity contribution in [2.75, 3.05) is 39.4 Å². The largest absolute Gasteiger partial charge is 0.380 e. The smallest absolute Gasteiger partial charge is 0.0593 e. The van der Waals surface area contributed by atoms with Crippen LogP contribution in [0, 0.1) is 0 Å². The van der Waals surface area contributed by atoms with Gasteiger partial charge in [0.15, 0.2) is 0 Å². The molecule has 0 aromatic heterocycles. The van der Waals surface area contributed by atoms with Crippen LogP contribution in [-0.4, -0.2) is 49.8 Å². The van der Waals surface area contributed by atoms with Gasteiger partial charge in [0.2, 0.25) is 0 Å². The normalized spacial score (nSPS) is 35.0. The van der Waals surface area contributed by atoms with E-state index in [0.717, 1.165) is 19.8 Å². The van der Waals surface area contributed by atoms with Gasteiger partial charge in [-0.2, -0.15) is 0 Å². The highest BCUT2D eigenvalue weighted by atomic mass is 16.5. The van der Waals surface area contributed by atoms with Gasteiger partial charge >= 0.3 is 0 Å². The van der Waals surface area contributed by atoms with E-state index in [4.69, 9.17) is 4.74 Å². The maximum absolute atomic E-state index is 5.48. The summed E-state index contributed by atoms with van der Waals surface area (Å²) >= 11 is 0. The van der Waals surface area contributed by atoms with Gasteiger partial charge in [0.25, 0.3) is 0 Å². The molecular formula is C12H24N2O. The van der Waals surface area contributed by atoms with Crippen LogP contribution in [0.4, 0.5) is 0 Å². The Morgan fingerprint density at radius 1 is 1.20 bits per heavy atom. The lowest BCUT2D eigenvalue weighted by Gasteiger charge is -2.39. The summed E-state index contributed by atoms with van der Waals surface area (Å²) in [6.07, 6.45) is 5.24. The van der Waals surface area contributed by atoms with Gasteiger partial charge in [-0.3, -0.25) is 4.90 Å². The molecule has 2 saturated heterocycles. The summed E-state index contributed by atoms with van der Waals surface area (Å²) in [6, 6.07) is 0. The highest BCUT2D eigenvalue weighted by Crippen LogP contribution is 2.20. The van der Waals surface area contributed by atoms with E-state index >= 15 is 0 Å². The van der Waals surface area contributed by atoms with Crippen LogP contribution in [0.5, 0.6) is 0 Å². The van der Waals surface area contributed by atoms with E-state index in [1.807, 2.05) is 0 Å². The minimum absolute atomic E-state index is 0.350. The summed E-state index contributed by atoms with van der Waals surface area (Å²) in [4.78, 5) is 2.56. The molecule has 0 aromatic rings. The molecule has 2 aliphatic rings. The predicted octanol–water partition coefficient (Wildman–Crippen LogP) is 1.24. The summed E-state index contributed by atoms with van der Waals surface area (Å²) in [5.41, 5.74) is 0.350. The second-order valence-electron chi connectivity index (χ2n) is 5.19. The van der Waals surface area contributed by atoms with Crippen molar-refractivity contribution in [1.82, 2.24) is 10.2 Å². The Kier molecular flexibility index (Phi) is 4.00. The van der Waals surface area contributed by atoms with Crippen molar-refractivity contribution in [1.29, 1.82) is 0 Å². The monoisotopic (exact) mass is 212 g/mol. The number of piperidine rings is 1. The Bertz CT molecular complexity index is 182. The topological polar surface area (TPSA) is 24.5 Å². The second-order valence-corrected chi connectivity index (χ2v) is 5.19. The highest BCUT2D eigenvalue weighted by molar-refractivity contribution is 4.89. The maximum Gasteiger partial charge on any atom is 0.0593 e. The van der Waals surface area contributed by atoms with E-state index in [0.29, 0.717) is 5.54 Å². The molecule has 1 N–H and O–H groups in total. The Morgan fingerprint density at radius 3 is 2.93 bits per heavy atom. The van der Waals surface area contributed by atoms with E-state index in [2.05, 4.69) is 17.1 Å². The lowest BCUT2D eigenvalue weighted by Crippen LogP contribution is -2.54. The van der Waals surface area contributed by atoms with Gasteiger partial charge in [-0.25, -0.2) is 0 Å². The fraction of sp³-hybridized carbons (Fsp3) is 1.00. The molecule has 1 atom stereocenters. The van der Waals surface area contributed by atoms with Gasteiger partial charge in [-0.15, -0.1) is 0 Å². The molecule has 2 fully saturated rings. The first-order chi connectivity index (χ1) is 7.29. The first-order valence-corrected chi connectivity index (χ1v) is 6.34. The molecule has 15 heavy (non-hydrogen) atoms. The van der Waals surface area contributed by atoms with E-state index in [9.17, 15) is 0 Å². The van der Waals surface area contributed by atoms with Crippen molar-refractivity contribution in [3.05, 3.63) is 0 Å². The molecule has 0 saturated carbocycles. The van der Waals surface area contributed by atoms with Crippen LogP contribution in [0.25, 0.3) is 0 Å². The number of ether oxygens (including phenoxy) is 1. The fourth-order valence-electron chi connectivity index (χ4n) is 2.70. The number of nitrogens with zero attached hydrogens (tertiary/aromatic N) is 1. The van der Waals surface area contributed by atoms with Crippen molar-refractivity contribution in [3.8, 4) is 0 Å². The van der Waals surface area contributed by atoms with Gasteiger partial charge in [0, 0.05) is 31.8 Å². The molecule has 0 aromatic carbocycles. The lowest BCUT2D eigenvalue weighted by atomic mass is 9.90. The van der Waals surface area contributed by atoms with Crippen molar-refractivity contribution in [3.63, 3.8) is 0 Å². The molecule has 1 unspecified atom stereocenters. The molecule has 3 nitrogen and oxygen atoms in total. The van der Waals surface area contributed by atoms with Crippen molar-refractivity contribution >= 4 is 0 Å². The van der Waals surface area contributed by atoms with Gasteiger partial charge in [-0.1, -0.05) is 6.42 Å². The Morgan fingerprint density at radius 2 is 2.13 bits per heavy atom. The Labute approximate surface area is 93.2 Å². The molecule has 2 aliphatic heterocycles. The van der Waals surface area contributed by atoms with Crippen LogP contribution < -0.4 is 5.32 Å². The first-order valence-electron chi connectivity index (χ1n) is 6.34. The Hall–Kier alpha value is -0.120. The SMILES string of the molecule is CC1(CN2CCCOCC2)CCCCN1. The lowest BCUT2D eigenvalue weighted by molar-refractivity contribution is 0.128. The maximum atomic E-state index is 5.48. The molecule has 0 spiro atoms. The summed E-state index contributed by atoms with van der Waals surface area (Å²) < 4.78 is 5.48. The van der Waals surface area contributed by atoms with Crippen LogP contribution >= 0.6 is 0 Å². The number of nitrogens with one attached hydrogen (secondary N) is 1. The van der Waals surface area contributed by atoms with Gasteiger partial charge in [-0.05, 0) is 32.7 Å². The third-order valence-corrected chi connectivity index (χ3v) is 3.59. The van der Waals surface area contributed by atoms with Gasteiger partial charge < -0.3 is 10.1 Å². The number of hydrogen-bond acceptors (Lipinski definition) is 3. The third kappa shape index (κ3) is 3.44. The van der Waals surface area contributed by atoms with Crippen LogP contribution in [0.15, 0.2) is 0 Å². The minimum Gasteiger partial charge on any atom is -0.380 e. The van der Waals surface area contributed by atoms with Gasteiger partial charge in [0.05, 0.1) is 6.61 Å². The molecule has 0 bridgehead atoms. The molecule has 2 heterocycles. The zero-order chi connectivity index (χ0) is 10.6. The highest BCUT2D eigenvalue weighted by Gasteiger charge is 2.28. The zero-order valence-electron chi connectivity index (χ0n) is 9.93. The summed E-state index contributed by atoms with van der Waals surface area (Å²) in [7, 11) is 0. The predicted molar refractivity (Wildman–Crippen MR) is 62.1 cm³/mol. The quantitative estimate of drug-likeness (QED) is 0.745. The van der Waals surface area contributed by atoms with E-state index in [1.54, 1.807) is 0 Å². The summed E-state index contributed by atoms with van der Waals surface area (Å²) in [6.45, 7) is 8.93. The number of hydrogen-bond donors (Lipinski definition) is 1.